The molecule has 0 aromatic heterocycles. The SMILES string of the molecule is C/C(CC(C)(C)c1ccccc1)=N/NC(=O)[C@@H]1COc2ccccc2O1. The molecule has 1 aliphatic rings. The van der Waals surface area contributed by atoms with Crippen molar-refractivity contribution < 1.29 is 14.3 Å². The predicted octanol–water partition coefficient (Wildman–Crippen LogP) is 3.69. The van der Waals surface area contributed by atoms with Gasteiger partial charge in [0.25, 0.3) is 5.91 Å². The fraction of sp³-hybridized carbons (Fsp3) is 0.333. The Morgan fingerprint density at radius 2 is 1.77 bits per heavy atom. The first kappa shape index (κ1) is 18.0. The van der Waals surface area contributed by atoms with Crippen LogP contribution in [0.5, 0.6) is 11.5 Å². The van der Waals surface area contributed by atoms with Gasteiger partial charge in [-0.15, -0.1) is 0 Å². The maximum absolute atomic E-state index is 12.3. The van der Waals surface area contributed by atoms with E-state index in [4.69, 9.17) is 9.47 Å². The summed E-state index contributed by atoms with van der Waals surface area (Å²) in [6.07, 6.45) is 0.0332. The van der Waals surface area contributed by atoms with Crippen LogP contribution in [-0.4, -0.2) is 24.3 Å². The largest absolute Gasteiger partial charge is 0.485 e. The van der Waals surface area contributed by atoms with Crippen molar-refractivity contribution in [2.45, 2.75) is 38.7 Å². The van der Waals surface area contributed by atoms with Gasteiger partial charge in [0.2, 0.25) is 6.10 Å². The Bertz CT molecular complexity index is 800. The van der Waals surface area contributed by atoms with E-state index in [1.807, 2.05) is 43.3 Å². The van der Waals surface area contributed by atoms with Crippen LogP contribution in [0.25, 0.3) is 0 Å². The Balaban J connectivity index is 1.58. The molecular weight excluding hydrogens is 328 g/mol. The number of fused-ring (bicyclic) bond motifs is 1. The van der Waals surface area contributed by atoms with Gasteiger partial charge in [-0.05, 0) is 36.5 Å². The van der Waals surface area contributed by atoms with E-state index < -0.39 is 6.10 Å². The molecular formula is C21H24N2O3. The maximum atomic E-state index is 12.3. The van der Waals surface area contributed by atoms with Crippen LogP contribution in [0.2, 0.25) is 0 Å². The minimum Gasteiger partial charge on any atom is -0.485 e. The molecule has 1 aliphatic heterocycles. The van der Waals surface area contributed by atoms with E-state index in [0.29, 0.717) is 11.5 Å². The molecule has 0 unspecified atom stereocenters. The van der Waals surface area contributed by atoms with Gasteiger partial charge in [0.1, 0.15) is 6.61 Å². The number of nitrogens with one attached hydrogen (secondary N) is 1. The highest BCUT2D eigenvalue weighted by atomic mass is 16.6. The first-order valence-corrected chi connectivity index (χ1v) is 8.73. The lowest BCUT2D eigenvalue weighted by atomic mass is 9.80. The van der Waals surface area contributed by atoms with Gasteiger partial charge < -0.3 is 9.47 Å². The second kappa shape index (κ2) is 7.60. The minimum atomic E-state index is -0.705. The van der Waals surface area contributed by atoms with Crippen LogP contribution in [-0.2, 0) is 10.2 Å². The zero-order valence-corrected chi connectivity index (χ0v) is 15.4. The number of rotatable bonds is 5. The Hall–Kier alpha value is -2.82. The van der Waals surface area contributed by atoms with Crippen LogP contribution >= 0.6 is 0 Å². The molecule has 0 saturated heterocycles. The van der Waals surface area contributed by atoms with Crippen LogP contribution in [0.1, 0.15) is 32.8 Å². The van der Waals surface area contributed by atoms with E-state index in [0.717, 1.165) is 12.1 Å². The number of carbonyl (C=O) groups excluding carboxylic acids is 1. The highest BCUT2D eigenvalue weighted by Gasteiger charge is 2.27. The molecule has 2 aromatic carbocycles. The molecule has 1 heterocycles. The zero-order valence-electron chi connectivity index (χ0n) is 15.4. The van der Waals surface area contributed by atoms with Crippen molar-refractivity contribution in [3.05, 3.63) is 60.2 Å². The molecule has 5 heteroatoms. The van der Waals surface area contributed by atoms with E-state index in [9.17, 15) is 4.79 Å². The highest BCUT2D eigenvalue weighted by Crippen LogP contribution is 2.31. The smallest absolute Gasteiger partial charge is 0.284 e. The lowest BCUT2D eigenvalue weighted by molar-refractivity contribution is -0.130. The van der Waals surface area contributed by atoms with Gasteiger partial charge in [0.15, 0.2) is 11.5 Å². The van der Waals surface area contributed by atoms with Gasteiger partial charge >= 0.3 is 0 Å². The van der Waals surface area contributed by atoms with Crippen molar-refractivity contribution in [2.75, 3.05) is 6.61 Å². The summed E-state index contributed by atoms with van der Waals surface area (Å²) in [4.78, 5) is 12.3. The summed E-state index contributed by atoms with van der Waals surface area (Å²) in [5.74, 6) is 0.919. The van der Waals surface area contributed by atoms with Crippen LogP contribution < -0.4 is 14.9 Å². The van der Waals surface area contributed by atoms with Crippen molar-refractivity contribution in [1.29, 1.82) is 0 Å². The Labute approximate surface area is 154 Å². The summed E-state index contributed by atoms with van der Waals surface area (Å²) >= 11 is 0. The summed E-state index contributed by atoms with van der Waals surface area (Å²) in [5.41, 5.74) is 4.62. The third kappa shape index (κ3) is 4.23. The fourth-order valence-electron chi connectivity index (χ4n) is 3.04. The average molecular weight is 352 g/mol. The minimum absolute atomic E-state index is 0.0665. The Morgan fingerprint density at radius 3 is 2.50 bits per heavy atom. The first-order chi connectivity index (χ1) is 12.5. The first-order valence-electron chi connectivity index (χ1n) is 8.73. The monoisotopic (exact) mass is 352 g/mol. The molecule has 1 N–H and O–H groups in total. The quantitative estimate of drug-likeness (QED) is 0.659. The Kier molecular flexibility index (Phi) is 5.26. The van der Waals surface area contributed by atoms with E-state index in [-0.39, 0.29) is 17.9 Å². The summed E-state index contributed by atoms with van der Waals surface area (Å²) in [6.45, 7) is 6.42. The van der Waals surface area contributed by atoms with Crippen molar-refractivity contribution in [1.82, 2.24) is 5.43 Å². The molecule has 5 nitrogen and oxygen atoms in total. The van der Waals surface area contributed by atoms with Gasteiger partial charge in [0.05, 0.1) is 0 Å². The van der Waals surface area contributed by atoms with Crippen LogP contribution in [0.3, 0.4) is 0 Å². The third-order valence-electron chi connectivity index (χ3n) is 4.41. The molecule has 0 aliphatic carbocycles. The van der Waals surface area contributed by atoms with Gasteiger partial charge in [-0.2, -0.15) is 5.10 Å². The normalized spacial score (nSPS) is 16.9. The topological polar surface area (TPSA) is 59.9 Å². The molecule has 0 spiro atoms. The molecule has 1 amide bonds. The second-order valence-electron chi connectivity index (χ2n) is 7.11. The molecule has 0 saturated carbocycles. The summed E-state index contributed by atoms with van der Waals surface area (Å²) in [7, 11) is 0. The molecule has 3 rings (SSSR count). The third-order valence-corrected chi connectivity index (χ3v) is 4.41. The molecule has 2 aromatic rings. The van der Waals surface area contributed by atoms with Crippen LogP contribution in [0, 0.1) is 0 Å². The average Bonchev–Trinajstić information content (AvgIpc) is 2.66. The summed E-state index contributed by atoms with van der Waals surface area (Å²) in [5, 5.41) is 4.25. The molecule has 0 radical (unpaired) electrons. The summed E-state index contributed by atoms with van der Waals surface area (Å²) < 4.78 is 11.3. The van der Waals surface area contributed by atoms with Crippen LogP contribution in [0.4, 0.5) is 0 Å². The standard InChI is InChI=1S/C21H24N2O3/c1-15(13-21(2,3)16-9-5-4-6-10-16)22-23-20(24)19-14-25-17-11-7-8-12-18(17)26-19/h4-12,19H,13-14H2,1-3H3,(H,23,24)/b22-15-/t19-/m0/s1. The number of carbonyl (C=O) groups is 1. The molecule has 1 atom stereocenters. The number of benzene rings is 2. The van der Waals surface area contributed by atoms with E-state index in [1.165, 1.54) is 5.56 Å². The number of nitrogens with zero attached hydrogens (tertiary/aromatic N) is 1. The molecule has 26 heavy (non-hydrogen) atoms. The number of para-hydroxylation sites is 2. The number of amides is 1. The van der Waals surface area contributed by atoms with Gasteiger partial charge in [-0.25, -0.2) is 5.43 Å². The number of hydrogen-bond donors (Lipinski definition) is 1. The van der Waals surface area contributed by atoms with E-state index in [1.54, 1.807) is 6.07 Å². The molecule has 136 valence electrons. The lowest BCUT2D eigenvalue weighted by Crippen LogP contribution is -2.42. The highest BCUT2D eigenvalue weighted by molar-refractivity contribution is 5.87. The van der Waals surface area contributed by atoms with Gasteiger partial charge in [-0.3, -0.25) is 4.79 Å². The zero-order chi connectivity index (χ0) is 18.6. The lowest BCUT2D eigenvalue weighted by Gasteiger charge is -2.26. The Morgan fingerprint density at radius 1 is 1.12 bits per heavy atom. The number of ether oxygens (including phenoxy) is 2. The van der Waals surface area contributed by atoms with Gasteiger partial charge in [0, 0.05) is 5.71 Å². The van der Waals surface area contributed by atoms with E-state index >= 15 is 0 Å². The second-order valence-corrected chi connectivity index (χ2v) is 7.11. The summed E-state index contributed by atoms with van der Waals surface area (Å²) in [6, 6.07) is 17.6. The number of hydrazone groups is 1. The molecule has 0 fully saturated rings. The maximum Gasteiger partial charge on any atom is 0.284 e. The van der Waals surface area contributed by atoms with Crippen molar-refractivity contribution >= 4 is 11.6 Å². The van der Waals surface area contributed by atoms with Gasteiger partial charge in [-0.1, -0.05) is 56.3 Å². The fourth-order valence-corrected chi connectivity index (χ4v) is 3.04. The number of hydrogen-bond acceptors (Lipinski definition) is 4. The van der Waals surface area contributed by atoms with Crippen molar-refractivity contribution in [2.24, 2.45) is 5.10 Å². The van der Waals surface area contributed by atoms with Crippen LogP contribution in [0.15, 0.2) is 59.7 Å². The predicted molar refractivity (Wildman–Crippen MR) is 102 cm³/mol. The van der Waals surface area contributed by atoms with Crippen molar-refractivity contribution in [3.63, 3.8) is 0 Å². The van der Waals surface area contributed by atoms with Crippen molar-refractivity contribution in [3.8, 4) is 11.5 Å². The molecule has 0 bridgehead atoms. The van der Waals surface area contributed by atoms with E-state index in [2.05, 4.69) is 36.5 Å².